The van der Waals surface area contributed by atoms with Crippen LogP contribution in [0.4, 0.5) is 11.4 Å². The van der Waals surface area contributed by atoms with Crippen LogP contribution in [-0.2, 0) is 12.8 Å². The van der Waals surface area contributed by atoms with Gasteiger partial charge in [-0.3, -0.25) is 5.01 Å². The molecule has 2 aromatic carbocycles. The van der Waals surface area contributed by atoms with Crippen LogP contribution in [0, 0.1) is 5.92 Å². The number of anilines is 2. The zero-order valence-corrected chi connectivity index (χ0v) is 15.5. The second-order valence-corrected chi connectivity index (χ2v) is 7.14. The maximum Gasteiger partial charge on any atom is 0.0509 e. The molecule has 4 heteroatoms. The molecule has 5 N–H and O–H groups in total. The Kier molecular flexibility index (Phi) is 5.52. The highest BCUT2D eigenvalue weighted by Gasteiger charge is 2.15. The second kappa shape index (κ2) is 8.00. The molecular formula is C22H28N4. The Balaban J connectivity index is 1.54. The summed E-state index contributed by atoms with van der Waals surface area (Å²) in [5, 5.41) is 2.15. The smallest absolute Gasteiger partial charge is 0.0509 e. The van der Waals surface area contributed by atoms with Gasteiger partial charge in [0.05, 0.1) is 6.04 Å². The zero-order valence-electron chi connectivity index (χ0n) is 15.5. The summed E-state index contributed by atoms with van der Waals surface area (Å²) in [5.41, 5.74) is 20.4. The predicted molar refractivity (Wildman–Crippen MR) is 110 cm³/mol. The van der Waals surface area contributed by atoms with Crippen LogP contribution < -0.4 is 16.9 Å². The molecule has 0 aliphatic carbocycles. The lowest BCUT2D eigenvalue weighted by molar-refractivity contribution is 0.235. The van der Waals surface area contributed by atoms with E-state index < -0.39 is 0 Å². The Morgan fingerprint density at radius 3 is 1.88 bits per heavy atom. The average molecular weight is 348 g/mol. The Morgan fingerprint density at radius 1 is 0.846 bits per heavy atom. The van der Waals surface area contributed by atoms with Gasteiger partial charge in [0, 0.05) is 23.8 Å². The number of nitrogens with one attached hydrogen (secondary N) is 1. The van der Waals surface area contributed by atoms with Gasteiger partial charge in [0.25, 0.3) is 0 Å². The van der Waals surface area contributed by atoms with E-state index >= 15 is 0 Å². The van der Waals surface area contributed by atoms with Crippen molar-refractivity contribution in [2.75, 3.05) is 11.5 Å². The van der Waals surface area contributed by atoms with E-state index in [9.17, 15) is 0 Å². The van der Waals surface area contributed by atoms with E-state index in [0.717, 1.165) is 24.2 Å². The van der Waals surface area contributed by atoms with Crippen molar-refractivity contribution in [2.24, 2.45) is 5.92 Å². The fraction of sp³-hybridized carbons (Fsp3) is 0.273. The first-order valence-electron chi connectivity index (χ1n) is 9.13. The lowest BCUT2D eigenvalue weighted by atomic mass is 9.93. The lowest BCUT2D eigenvalue weighted by Crippen LogP contribution is -2.40. The van der Waals surface area contributed by atoms with Crippen molar-refractivity contribution in [1.29, 1.82) is 0 Å². The highest BCUT2D eigenvalue weighted by molar-refractivity contribution is 5.40. The van der Waals surface area contributed by atoms with Crippen molar-refractivity contribution < 1.29 is 0 Å². The molecule has 0 amide bonds. The Hall–Kier alpha value is -2.88. The highest BCUT2D eigenvalue weighted by atomic mass is 15.5. The van der Waals surface area contributed by atoms with Gasteiger partial charge in [0.15, 0.2) is 0 Å². The summed E-state index contributed by atoms with van der Waals surface area (Å²) < 4.78 is 0. The summed E-state index contributed by atoms with van der Waals surface area (Å²) in [6.07, 6.45) is 8.41. The SMILES string of the molecule is CC(Cc1ccc(N)cc1)C1=CNN(C(C)Cc2ccc(N)cc2)C=C1. The van der Waals surface area contributed by atoms with E-state index in [-0.39, 0.29) is 0 Å². The summed E-state index contributed by atoms with van der Waals surface area (Å²) in [6, 6.07) is 16.6. The monoisotopic (exact) mass is 348 g/mol. The predicted octanol–water partition coefficient (Wildman–Crippen LogP) is 3.88. The third-order valence-electron chi connectivity index (χ3n) is 4.88. The minimum absolute atomic E-state index is 0.347. The minimum Gasteiger partial charge on any atom is -0.399 e. The molecule has 0 spiro atoms. The van der Waals surface area contributed by atoms with Gasteiger partial charge < -0.3 is 16.9 Å². The maximum atomic E-state index is 5.76. The molecule has 2 atom stereocenters. The first-order valence-corrected chi connectivity index (χ1v) is 9.13. The van der Waals surface area contributed by atoms with Crippen molar-refractivity contribution in [1.82, 2.24) is 10.4 Å². The van der Waals surface area contributed by atoms with E-state index in [1.807, 2.05) is 24.3 Å². The van der Waals surface area contributed by atoms with Crippen LogP contribution in [-0.4, -0.2) is 11.1 Å². The van der Waals surface area contributed by atoms with Crippen LogP contribution in [0.2, 0.25) is 0 Å². The first-order chi connectivity index (χ1) is 12.5. The molecule has 2 aromatic rings. The van der Waals surface area contributed by atoms with E-state index in [4.69, 9.17) is 11.5 Å². The molecule has 1 aliphatic rings. The molecule has 26 heavy (non-hydrogen) atoms. The summed E-state index contributed by atoms with van der Waals surface area (Å²) in [4.78, 5) is 0. The molecular weight excluding hydrogens is 320 g/mol. The Bertz CT molecular complexity index is 775. The molecule has 1 aliphatic heterocycles. The quantitative estimate of drug-likeness (QED) is 0.693. The van der Waals surface area contributed by atoms with Crippen LogP contribution in [0.1, 0.15) is 25.0 Å². The van der Waals surface area contributed by atoms with E-state index in [1.54, 1.807) is 0 Å². The molecule has 3 rings (SSSR count). The third-order valence-corrected chi connectivity index (χ3v) is 4.88. The zero-order chi connectivity index (χ0) is 18.5. The summed E-state index contributed by atoms with van der Waals surface area (Å²) in [6.45, 7) is 4.46. The van der Waals surface area contributed by atoms with Gasteiger partial charge in [0.2, 0.25) is 0 Å². The Morgan fingerprint density at radius 2 is 1.38 bits per heavy atom. The number of hydrogen-bond donors (Lipinski definition) is 3. The molecule has 0 fully saturated rings. The van der Waals surface area contributed by atoms with Crippen molar-refractivity contribution in [3.63, 3.8) is 0 Å². The van der Waals surface area contributed by atoms with Crippen molar-refractivity contribution in [3.8, 4) is 0 Å². The molecule has 0 saturated carbocycles. The number of hydrogen-bond acceptors (Lipinski definition) is 4. The summed E-state index contributed by atoms with van der Waals surface area (Å²) in [7, 11) is 0. The molecule has 2 unspecified atom stereocenters. The summed E-state index contributed by atoms with van der Waals surface area (Å²) in [5.74, 6) is 0.442. The normalized spacial score (nSPS) is 15.9. The number of allylic oxidation sites excluding steroid dienone is 2. The molecule has 1 heterocycles. The molecule has 0 aromatic heterocycles. The van der Waals surface area contributed by atoms with Crippen LogP contribution in [0.5, 0.6) is 0 Å². The minimum atomic E-state index is 0.347. The number of nitrogens with two attached hydrogens (primary N) is 2. The van der Waals surface area contributed by atoms with Crippen molar-refractivity contribution in [2.45, 2.75) is 32.7 Å². The van der Waals surface area contributed by atoms with Gasteiger partial charge in [-0.15, -0.1) is 0 Å². The molecule has 0 radical (unpaired) electrons. The molecule has 136 valence electrons. The maximum absolute atomic E-state index is 5.76. The lowest BCUT2D eigenvalue weighted by Gasteiger charge is -2.31. The molecule has 0 saturated heterocycles. The standard InChI is InChI=1S/C22H28N4/c1-16(13-18-3-7-21(23)8-4-18)20-11-12-26(25-15-20)17(2)14-19-5-9-22(24)10-6-19/h3-12,15-17,25H,13-14,23-24H2,1-2H3. The fourth-order valence-electron chi connectivity index (χ4n) is 3.21. The molecule has 0 bridgehead atoms. The number of nitrogens with zero attached hydrogens (tertiary/aromatic N) is 1. The van der Waals surface area contributed by atoms with Crippen LogP contribution in [0.3, 0.4) is 0 Å². The topological polar surface area (TPSA) is 67.3 Å². The summed E-state index contributed by atoms with van der Waals surface area (Å²) >= 11 is 0. The highest BCUT2D eigenvalue weighted by Crippen LogP contribution is 2.21. The van der Waals surface area contributed by atoms with E-state index in [1.165, 1.54) is 16.7 Å². The van der Waals surface area contributed by atoms with Crippen LogP contribution >= 0.6 is 0 Å². The van der Waals surface area contributed by atoms with Crippen LogP contribution in [0.25, 0.3) is 0 Å². The van der Waals surface area contributed by atoms with Crippen molar-refractivity contribution >= 4 is 11.4 Å². The number of rotatable bonds is 6. The third kappa shape index (κ3) is 4.60. The van der Waals surface area contributed by atoms with E-state index in [2.05, 4.69) is 67.0 Å². The fourth-order valence-corrected chi connectivity index (χ4v) is 3.21. The van der Waals surface area contributed by atoms with Crippen molar-refractivity contribution in [3.05, 3.63) is 83.7 Å². The van der Waals surface area contributed by atoms with Gasteiger partial charge in [-0.1, -0.05) is 31.2 Å². The number of benzene rings is 2. The second-order valence-electron chi connectivity index (χ2n) is 7.14. The van der Waals surface area contributed by atoms with Gasteiger partial charge in [-0.25, -0.2) is 0 Å². The van der Waals surface area contributed by atoms with Gasteiger partial charge >= 0.3 is 0 Å². The van der Waals surface area contributed by atoms with E-state index in [0.29, 0.717) is 12.0 Å². The van der Waals surface area contributed by atoms with Crippen LogP contribution in [0.15, 0.2) is 72.6 Å². The first kappa shape index (κ1) is 17.9. The number of nitrogen functional groups attached to an aromatic ring is 2. The average Bonchev–Trinajstić information content (AvgIpc) is 2.65. The van der Waals surface area contributed by atoms with Gasteiger partial charge in [0.1, 0.15) is 0 Å². The molecule has 4 nitrogen and oxygen atoms in total. The largest absolute Gasteiger partial charge is 0.399 e. The van der Waals surface area contributed by atoms with Gasteiger partial charge in [-0.05, 0) is 72.7 Å². The number of hydrazine groups is 1. The van der Waals surface area contributed by atoms with Gasteiger partial charge in [-0.2, -0.15) is 0 Å². The Labute approximate surface area is 156 Å².